The van der Waals surface area contributed by atoms with Crippen molar-refractivity contribution in [1.29, 1.82) is 0 Å². The number of aliphatic imine (C=N–C) groups is 1. The van der Waals surface area contributed by atoms with Gasteiger partial charge in [-0.05, 0) is 5.56 Å². The highest BCUT2D eigenvalue weighted by atomic mass is 32.2. The Morgan fingerprint density at radius 1 is 1.30 bits per heavy atom. The zero-order chi connectivity index (χ0) is 14.1. The van der Waals surface area contributed by atoms with Gasteiger partial charge in [0.1, 0.15) is 6.04 Å². The Labute approximate surface area is 121 Å². The topological polar surface area (TPSA) is 61.8 Å². The van der Waals surface area contributed by atoms with Gasteiger partial charge in [0, 0.05) is 12.8 Å². The highest BCUT2D eigenvalue weighted by Gasteiger charge is 2.36. The Kier molecular flexibility index (Phi) is 3.48. The number of hydrogen-bond donors (Lipinski definition) is 1. The summed E-state index contributed by atoms with van der Waals surface area (Å²) in [5.74, 6) is 0.507. The summed E-state index contributed by atoms with van der Waals surface area (Å²) in [4.78, 5) is 28.8. The lowest BCUT2D eigenvalue weighted by molar-refractivity contribution is -0.136. The van der Waals surface area contributed by atoms with Crippen LogP contribution >= 0.6 is 11.8 Å². The van der Waals surface area contributed by atoms with Gasteiger partial charge < -0.3 is 5.32 Å². The average molecular weight is 289 g/mol. The fourth-order valence-electron chi connectivity index (χ4n) is 2.31. The van der Waals surface area contributed by atoms with Crippen LogP contribution in [0.25, 0.3) is 0 Å². The first-order valence-electron chi connectivity index (χ1n) is 6.47. The standard InChI is InChI=1S/C14H15N3O2S/c1-17-12(18)7-10(13(17)19)15-14-16-11(8-20-14)9-5-3-2-4-6-9/h2-6,10-11H,7-8H2,1H3,(H,15,16). The Morgan fingerprint density at radius 2 is 2.05 bits per heavy atom. The molecule has 6 heteroatoms. The van der Waals surface area contributed by atoms with Crippen molar-refractivity contribution < 1.29 is 9.59 Å². The van der Waals surface area contributed by atoms with Crippen molar-refractivity contribution in [3.63, 3.8) is 0 Å². The number of likely N-dealkylation sites (N-methyl/N-ethyl adjacent to an activating group) is 1. The van der Waals surface area contributed by atoms with Gasteiger partial charge in [-0.3, -0.25) is 14.5 Å². The van der Waals surface area contributed by atoms with Crippen molar-refractivity contribution in [3.05, 3.63) is 35.9 Å². The summed E-state index contributed by atoms with van der Waals surface area (Å²) < 4.78 is 0. The van der Waals surface area contributed by atoms with Gasteiger partial charge in [0.25, 0.3) is 5.91 Å². The van der Waals surface area contributed by atoms with Crippen molar-refractivity contribution in [3.8, 4) is 0 Å². The molecule has 2 heterocycles. The number of amidine groups is 1. The van der Waals surface area contributed by atoms with E-state index in [-0.39, 0.29) is 24.3 Å². The number of rotatable bonds is 2. The number of likely N-dealkylation sites (tertiary alicyclic amines) is 1. The smallest absolute Gasteiger partial charge is 0.254 e. The first-order valence-corrected chi connectivity index (χ1v) is 7.46. The number of nitrogens with zero attached hydrogens (tertiary/aromatic N) is 2. The van der Waals surface area contributed by atoms with Gasteiger partial charge in [-0.2, -0.15) is 0 Å². The van der Waals surface area contributed by atoms with Crippen molar-refractivity contribution in [2.75, 3.05) is 12.8 Å². The fraction of sp³-hybridized carbons (Fsp3) is 0.357. The van der Waals surface area contributed by atoms with E-state index in [9.17, 15) is 9.59 Å². The quantitative estimate of drug-likeness (QED) is 0.830. The maximum absolute atomic E-state index is 11.8. The van der Waals surface area contributed by atoms with E-state index in [1.165, 1.54) is 12.6 Å². The molecule has 0 aliphatic carbocycles. The van der Waals surface area contributed by atoms with Gasteiger partial charge in [0.05, 0.1) is 12.5 Å². The summed E-state index contributed by atoms with van der Waals surface area (Å²) in [7, 11) is 1.51. The van der Waals surface area contributed by atoms with E-state index in [0.717, 1.165) is 15.8 Å². The van der Waals surface area contributed by atoms with Gasteiger partial charge in [-0.1, -0.05) is 42.1 Å². The van der Waals surface area contributed by atoms with Gasteiger partial charge in [-0.15, -0.1) is 0 Å². The van der Waals surface area contributed by atoms with Gasteiger partial charge in [0.2, 0.25) is 5.91 Å². The summed E-state index contributed by atoms with van der Waals surface area (Å²) in [6, 6.07) is 9.79. The largest absolute Gasteiger partial charge is 0.357 e. The highest BCUT2D eigenvalue weighted by molar-refractivity contribution is 8.14. The molecule has 0 aromatic heterocycles. The van der Waals surface area contributed by atoms with E-state index < -0.39 is 6.04 Å². The third kappa shape index (κ3) is 2.43. The molecule has 104 valence electrons. The minimum absolute atomic E-state index is 0.160. The van der Waals surface area contributed by atoms with Crippen LogP contribution in [0.15, 0.2) is 35.3 Å². The third-order valence-corrected chi connectivity index (χ3v) is 4.51. The van der Waals surface area contributed by atoms with Crippen LogP contribution in [-0.2, 0) is 9.59 Å². The summed E-state index contributed by atoms with van der Waals surface area (Å²) in [6.07, 6.45) is 0.178. The van der Waals surface area contributed by atoms with Crippen LogP contribution in [-0.4, -0.2) is 40.7 Å². The zero-order valence-electron chi connectivity index (χ0n) is 11.1. The molecule has 0 bridgehead atoms. The van der Waals surface area contributed by atoms with Crippen LogP contribution in [0.1, 0.15) is 18.0 Å². The van der Waals surface area contributed by atoms with Crippen LogP contribution < -0.4 is 5.32 Å². The minimum Gasteiger partial charge on any atom is -0.357 e. The van der Waals surface area contributed by atoms with Gasteiger partial charge >= 0.3 is 0 Å². The van der Waals surface area contributed by atoms with E-state index in [1.54, 1.807) is 11.8 Å². The van der Waals surface area contributed by atoms with Gasteiger partial charge in [0.15, 0.2) is 5.17 Å². The molecule has 2 unspecified atom stereocenters. The Hall–Kier alpha value is -1.82. The normalized spacial score (nSPS) is 28.2. The highest BCUT2D eigenvalue weighted by Crippen LogP contribution is 2.27. The predicted octanol–water partition coefficient (Wildman–Crippen LogP) is 1.18. The van der Waals surface area contributed by atoms with Crippen molar-refractivity contribution in [1.82, 2.24) is 10.2 Å². The van der Waals surface area contributed by atoms with Crippen molar-refractivity contribution >= 4 is 28.7 Å². The fourth-order valence-corrected chi connectivity index (χ4v) is 3.34. The number of hydrogen-bond acceptors (Lipinski definition) is 4. The Morgan fingerprint density at radius 3 is 2.70 bits per heavy atom. The second-order valence-electron chi connectivity index (χ2n) is 4.86. The molecular weight excluding hydrogens is 274 g/mol. The van der Waals surface area contributed by atoms with Crippen molar-refractivity contribution in [2.24, 2.45) is 4.99 Å². The molecule has 2 saturated heterocycles. The molecule has 2 fully saturated rings. The number of benzene rings is 1. The summed E-state index contributed by atoms with van der Waals surface area (Å²) in [5.41, 5.74) is 1.20. The van der Waals surface area contributed by atoms with Crippen LogP contribution in [0.5, 0.6) is 0 Å². The number of carbonyl (C=O) groups excluding carboxylic acids is 2. The number of carbonyl (C=O) groups is 2. The van der Waals surface area contributed by atoms with E-state index in [4.69, 9.17) is 0 Å². The maximum Gasteiger partial charge on any atom is 0.254 e. The third-order valence-electron chi connectivity index (χ3n) is 3.52. The summed E-state index contributed by atoms with van der Waals surface area (Å²) in [6.45, 7) is 0. The number of nitrogens with one attached hydrogen (secondary N) is 1. The van der Waals surface area contributed by atoms with Crippen LogP contribution in [0.2, 0.25) is 0 Å². The van der Waals surface area contributed by atoms with E-state index in [2.05, 4.69) is 22.4 Å². The summed E-state index contributed by atoms with van der Waals surface area (Å²) >= 11 is 1.59. The van der Waals surface area contributed by atoms with E-state index >= 15 is 0 Å². The van der Waals surface area contributed by atoms with Crippen LogP contribution in [0.4, 0.5) is 0 Å². The molecule has 2 aliphatic rings. The first-order chi connectivity index (χ1) is 9.65. The lowest BCUT2D eigenvalue weighted by Crippen LogP contribution is -2.28. The average Bonchev–Trinajstić information content (AvgIpc) is 3.02. The number of thioether (sulfide) groups is 1. The molecule has 5 nitrogen and oxygen atoms in total. The molecule has 20 heavy (non-hydrogen) atoms. The monoisotopic (exact) mass is 289 g/mol. The van der Waals surface area contributed by atoms with Crippen molar-refractivity contribution in [2.45, 2.75) is 18.5 Å². The molecule has 0 spiro atoms. The Bertz CT molecular complexity index is 573. The summed E-state index contributed by atoms with van der Waals surface area (Å²) in [5, 5.41) is 4.07. The second kappa shape index (κ2) is 5.28. The van der Waals surface area contributed by atoms with Crippen LogP contribution in [0, 0.1) is 0 Å². The predicted molar refractivity (Wildman–Crippen MR) is 78.4 cm³/mol. The number of imide groups is 1. The molecule has 2 amide bonds. The maximum atomic E-state index is 11.8. The molecule has 2 atom stereocenters. The van der Waals surface area contributed by atoms with E-state index in [1.807, 2.05) is 18.2 Å². The number of amides is 2. The molecule has 3 rings (SSSR count). The Balaban J connectivity index is 1.70. The molecule has 1 aromatic rings. The first kappa shape index (κ1) is 13.2. The minimum atomic E-state index is -0.558. The molecule has 2 aliphatic heterocycles. The molecular formula is C14H15N3O2S. The molecule has 0 saturated carbocycles. The lowest BCUT2D eigenvalue weighted by atomic mass is 10.1. The SMILES string of the molecule is CN1C(=O)CC(N=C2NC(c3ccccc3)CS2)C1=O. The van der Waals surface area contributed by atoms with Crippen LogP contribution in [0.3, 0.4) is 0 Å². The van der Waals surface area contributed by atoms with E-state index in [0.29, 0.717) is 0 Å². The molecule has 1 aromatic carbocycles. The zero-order valence-corrected chi connectivity index (χ0v) is 11.9. The second-order valence-corrected chi connectivity index (χ2v) is 5.87. The van der Waals surface area contributed by atoms with Gasteiger partial charge in [-0.25, -0.2) is 4.99 Å². The lowest BCUT2D eigenvalue weighted by Gasteiger charge is -2.10. The molecule has 1 N–H and O–H groups in total. The molecule has 0 radical (unpaired) electrons.